The predicted molar refractivity (Wildman–Crippen MR) is 115 cm³/mol. The number of rotatable bonds is 5. The number of carbonyl (C=O) groups excluding carboxylic acids is 1. The lowest BCUT2D eigenvalue weighted by molar-refractivity contribution is 0.143. The number of amides is 1. The SMILES string of the molecule is CCC(C)=C1CCN(c2ccc(N3C[C@H](CNC(C)=S)OC3=O)cc2F)CC1. The van der Waals surface area contributed by atoms with Crippen molar-refractivity contribution in [3.8, 4) is 0 Å². The highest BCUT2D eigenvalue weighted by atomic mass is 32.1. The maximum Gasteiger partial charge on any atom is 0.414 e. The average molecular weight is 406 g/mol. The number of nitrogens with one attached hydrogen (secondary N) is 1. The van der Waals surface area contributed by atoms with Gasteiger partial charge in [-0.2, -0.15) is 0 Å². The van der Waals surface area contributed by atoms with Gasteiger partial charge in [0.1, 0.15) is 11.9 Å². The number of nitrogens with zero attached hydrogens (tertiary/aromatic N) is 2. The summed E-state index contributed by atoms with van der Waals surface area (Å²) in [5, 5.41) is 3.00. The van der Waals surface area contributed by atoms with Crippen LogP contribution in [0.15, 0.2) is 29.3 Å². The number of piperidine rings is 1. The first-order chi connectivity index (χ1) is 13.4. The van der Waals surface area contributed by atoms with E-state index >= 15 is 0 Å². The zero-order valence-corrected chi connectivity index (χ0v) is 17.6. The molecule has 5 nitrogen and oxygen atoms in total. The Morgan fingerprint density at radius 3 is 2.64 bits per heavy atom. The first-order valence-electron chi connectivity index (χ1n) is 9.83. The molecular weight excluding hydrogens is 377 g/mol. The second-order valence-corrected chi connectivity index (χ2v) is 8.03. The lowest BCUT2D eigenvalue weighted by Crippen LogP contribution is -2.33. The van der Waals surface area contributed by atoms with E-state index in [4.69, 9.17) is 17.0 Å². The van der Waals surface area contributed by atoms with Crippen molar-refractivity contribution in [1.29, 1.82) is 0 Å². The zero-order valence-electron chi connectivity index (χ0n) is 16.8. The van der Waals surface area contributed by atoms with E-state index in [2.05, 4.69) is 24.1 Å². The van der Waals surface area contributed by atoms with Gasteiger partial charge >= 0.3 is 6.09 Å². The summed E-state index contributed by atoms with van der Waals surface area (Å²) < 4.78 is 20.2. The second-order valence-electron chi connectivity index (χ2n) is 7.41. The van der Waals surface area contributed by atoms with Crippen molar-refractivity contribution in [3.05, 3.63) is 35.2 Å². The minimum absolute atomic E-state index is 0.303. The second kappa shape index (κ2) is 8.90. The van der Waals surface area contributed by atoms with Crippen LogP contribution in [-0.2, 0) is 4.74 Å². The van der Waals surface area contributed by atoms with Crippen molar-refractivity contribution < 1.29 is 13.9 Å². The molecule has 2 saturated heterocycles. The number of anilines is 2. The number of allylic oxidation sites excluding steroid dienone is 1. The van der Waals surface area contributed by atoms with E-state index < -0.39 is 6.09 Å². The van der Waals surface area contributed by atoms with Crippen LogP contribution in [0.5, 0.6) is 0 Å². The standard InChI is InChI=1S/C21H28FN3O2S/c1-4-14(2)16-7-9-24(10-8-16)20-6-5-17(11-19(20)22)25-13-18(27-21(25)26)12-23-15(3)28/h5-6,11,18H,4,7-10,12-13H2,1-3H3,(H,23,28)/t18-/m0/s1. The molecule has 0 unspecified atom stereocenters. The molecular formula is C21H28FN3O2S. The van der Waals surface area contributed by atoms with Crippen LogP contribution in [0.2, 0.25) is 0 Å². The van der Waals surface area contributed by atoms with E-state index in [9.17, 15) is 9.18 Å². The Balaban J connectivity index is 1.66. The molecule has 0 radical (unpaired) electrons. The number of cyclic esters (lactones) is 1. The molecule has 1 aromatic carbocycles. The van der Waals surface area contributed by atoms with E-state index in [1.54, 1.807) is 19.1 Å². The number of hydrogen-bond acceptors (Lipinski definition) is 4. The first-order valence-corrected chi connectivity index (χ1v) is 10.2. The molecule has 152 valence electrons. The van der Waals surface area contributed by atoms with Gasteiger partial charge in [0.15, 0.2) is 0 Å². The molecule has 2 aliphatic heterocycles. The Morgan fingerprint density at radius 1 is 1.32 bits per heavy atom. The maximum atomic E-state index is 14.8. The molecule has 2 aliphatic rings. The molecule has 28 heavy (non-hydrogen) atoms. The summed E-state index contributed by atoms with van der Waals surface area (Å²) >= 11 is 4.98. The summed E-state index contributed by atoms with van der Waals surface area (Å²) in [6.45, 7) is 8.61. The van der Waals surface area contributed by atoms with Gasteiger partial charge < -0.3 is 15.0 Å². The van der Waals surface area contributed by atoms with Gasteiger partial charge in [-0.1, -0.05) is 30.3 Å². The molecule has 1 N–H and O–H groups in total. The summed E-state index contributed by atoms with van der Waals surface area (Å²) in [7, 11) is 0. The fourth-order valence-electron chi connectivity index (χ4n) is 3.71. The van der Waals surface area contributed by atoms with Gasteiger partial charge in [-0.05, 0) is 51.3 Å². The molecule has 2 fully saturated rings. The van der Waals surface area contributed by atoms with Gasteiger partial charge in [0.25, 0.3) is 0 Å². The molecule has 7 heteroatoms. The van der Waals surface area contributed by atoms with Crippen molar-refractivity contribution in [2.75, 3.05) is 36.0 Å². The van der Waals surface area contributed by atoms with Crippen molar-refractivity contribution in [3.63, 3.8) is 0 Å². The fourth-order valence-corrected chi connectivity index (χ4v) is 3.79. The van der Waals surface area contributed by atoms with Crippen molar-refractivity contribution in [2.24, 2.45) is 0 Å². The largest absolute Gasteiger partial charge is 0.442 e. The van der Waals surface area contributed by atoms with Crippen LogP contribution < -0.4 is 15.1 Å². The Hall–Kier alpha value is -2.15. The predicted octanol–water partition coefficient (Wildman–Crippen LogP) is 4.41. The van der Waals surface area contributed by atoms with Crippen molar-refractivity contribution in [1.82, 2.24) is 5.32 Å². The monoisotopic (exact) mass is 405 g/mol. The smallest absolute Gasteiger partial charge is 0.414 e. The molecule has 1 atom stereocenters. The number of benzene rings is 1. The average Bonchev–Trinajstić information content (AvgIpc) is 3.06. The Kier molecular flexibility index (Phi) is 6.54. The van der Waals surface area contributed by atoms with E-state index in [1.807, 2.05) is 0 Å². The molecule has 0 spiro atoms. The molecule has 0 saturated carbocycles. The molecule has 0 aromatic heterocycles. The third kappa shape index (κ3) is 4.63. The Bertz CT molecular complexity index is 786. The summed E-state index contributed by atoms with van der Waals surface area (Å²) in [6, 6.07) is 4.99. The third-order valence-electron chi connectivity index (χ3n) is 5.54. The normalized spacial score (nSPS) is 19.6. The molecule has 0 aliphatic carbocycles. The van der Waals surface area contributed by atoms with Crippen LogP contribution in [0.4, 0.5) is 20.6 Å². The van der Waals surface area contributed by atoms with Crippen LogP contribution in [0.1, 0.15) is 40.0 Å². The molecule has 3 rings (SSSR count). The first kappa shape index (κ1) is 20.6. The summed E-state index contributed by atoms with van der Waals surface area (Å²) in [4.78, 5) is 16.4. The number of carbonyl (C=O) groups is 1. The van der Waals surface area contributed by atoms with Crippen LogP contribution in [0.25, 0.3) is 0 Å². The lowest BCUT2D eigenvalue weighted by atomic mass is 9.97. The fraction of sp³-hybridized carbons (Fsp3) is 0.524. The molecule has 0 bridgehead atoms. The summed E-state index contributed by atoms with van der Waals surface area (Å²) in [5.74, 6) is -0.304. The van der Waals surface area contributed by atoms with Crippen LogP contribution >= 0.6 is 12.2 Å². The van der Waals surface area contributed by atoms with E-state index in [0.717, 1.165) is 32.4 Å². The van der Waals surface area contributed by atoms with Crippen LogP contribution in [0.3, 0.4) is 0 Å². The number of thiocarbonyl (C=S) groups is 1. The third-order valence-corrected chi connectivity index (χ3v) is 5.68. The Morgan fingerprint density at radius 2 is 2.04 bits per heavy atom. The van der Waals surface area contributed by atoms with E-state index in [1.165, 1.54) is 22.1 Å². The van der Waals surface area contributed by atoms with Crippen LogP contribution in [-0.4, -0.2) is 43.4 Å². The quantitative estimate of drug-likeness (QED) is 0.581. The minimum atomic E-state index is -0.455. The van der Waals surface area contributed by atoms with E-state index in [-0.39, 0.29) is 11.9 Å². The van der Waals surface area contributed by atoms with Gasteiger partial charge in [-0.25, -0.2) is 9.18 Å². The maximum absolute atomic E-state index is 14.8. The topological polar surface area (TPSA) is 44.8 Å². The van der Waals surface area contributed by atoms with E-state index in [0.29, 0.717) is 29.5 Å². The van der Waals surface area contributed by atoms with Gasteiger partial charge in [0, 0.05) is 13.1 Å². The highest BCUT2D eigenvalue weighted by Gasteiger charge is 2.32. The van der Waals surface area contributed by atoms with Gasteiger partial charge in [0.05, 0.1) is 29.5 Å². The van der Waals surface area contributed by atoms with Gasteiger partial charge in [-0.15, -0.1) is 0 Å². The molecule has 2 heterocycles. The lowest BCUT2D eigenvalue weighted by Gasteiger charge is -2.32. The van der Waals surface area contributed by atoms with Gasteiger partial charge in [-0.3, -0.25) is 4.90 Å². The highest BCUT2D eigenvalue weighted by Crippen LogP contribution is 2.31. The minimum Gasteiger partial charge on any atom is -0.442 e. The zero-order chi connectivity index (χ0) is 20.3. The molecule has 1 amide bonds. The van der Waals surface area contributed by atoms with Crippen molar-refractivity contribution in [2.45, 2.75) is 46.1 Å². The number of ether oxygens (including phenoxy) is 1. The number of halogens is 1. The summed E-state index contributed by atoms with van der Waals surface area (Å²) in [5.41, 5.74) is 4.07. The molecule has 1 aromatic rings. The van der Waals surface area contributed by atoms with Crippen LogP contribution in [0, 0.1) is 5.82 Å². The van der Waals surface area contributed by atoms with Crippen molar-refractivity contribution >= 4 is 34.7 Å². The number of hydrogen-bond donors (Lipinski definition) is 1. The highest BCUT2D eigenvalue weighted by molar-refractivity contribution is 7.80. The van der Waals surface area contributed by atoms with Gasteiger partial charge in [0.2, 0.25) is 0 Å². The summed E-state index contributed by atoms with van der Waals surface area (Å²) in [6.07, 6.45) is 2.27. The Labute approximate surface area is 171 Å².